The van der Waals surface area contributed by atoms with Gasteiger partial charge in [0, 0.05) is 10.4 Å². The number of pyridine rings is 1. The molecule has 0 aliphatic carbocycles. The fourth-order valence-electron chi connectivity index (χ4n) is 1.49. The molecule has 0 radical (unpaired) electrons. The Morgan fingerprint density at radius 1 is 1.38 bits per heavy atom. The first-order valence-electron chi connectivity index (χ1n) is 4.62. The quantitative estimate of drug-likeness (QED) is 0.770. The molecule has 0 unspecified atom stereocenters. The summed E-state index contributed by atoms with van der Waals surface area (Å²) < 4.78 is 0. The van der Waals surface area contributed by atoms with Gasteiger partial charge in [-0.2, -0.15) is 0 Å². The summed E-state index contributed by atoms with van der Waals surface area (Å²) in [5.41, 5.74) is 5.35. The number of benzene rings is 1. The molecule has 0 spiro atoms. The Hall–Kier alpha value is -1.75. The van der Waals surface area contributed by atoms with Crippen LogP contribution in [0.3, 0.4) is 0 Å². The lowest BCUT2D eigenvalue weighted by atomic mass is 10.1. The van der Waals surface area contributed by atoms with Gasteiger partial charge in [-0.3, -0.25) is 9.59 Å². The minimum Gasteiger partial charge on any atom is -0.365 e. The van der Waals surface area contributed by atoms with Crippen molar-refractivity contribution in [2.24, 2.45) is 5.73 Å². The van der Waals surface area contributed by atoms with Gasteiger partial charge in [0.25, 0.3) is 11.5 Å². The molecule has 2 aromatic rings. The number of nitrogens with one attached hydrogen (secondary N) is 1. The molecular weight excluding hydrogens is 224 g/mol. The van der Waals surface area contributed by atoms with E-state index >= 15 is 0 Å². The third kappa shape index (κ3) is 1.81. The predicted octanol–water partition coefficient (Wildman–Crippen LogP) is 1.35. The highest BCUT2D eigenvalue weighted by Gasteiger charge is 2.07. The van der Waals surface area contributed by atoms with Crippen LogP contribution in [0.2, 0.25) is 0 Å². The maximum absolute atomic E-state index is 11.5. The second-order valence-electron chi connectivity index (χ2n) is 3.33. The fraction of sp³-hybridized carbons (Fsp3) is 0.0909. The molecule has 1 heterocycles. The summed E-state index contributed by atoms with van der Waals surface area (Å²) in [6.07, 6.45) is 1.96. The summed E-state index contributed by atoms with van der Waals surface area (Å²) in [5.74, 6) is -0.711. The smallest absolute Gasteiger partial charge is 0.261 e. The van der Waals surface area contributed by atoms with Crippen molar-refractivity contribution in [1.82, 2.24) is 4.98 Å². The number of hydrogen-bond donors (Lipinski definition) is 2. The molecule has 16 heavy (non-hydrogen) atoms. The highest BCUT2D eigenvalue weighted by molar-refractivity contribution is 7.98. The molecular formula is C11H10N2O2S. The maximum atomic E-state index is 11.5. The molecule has 1 aromatic heterocycles. The van der Waals surface area contributed by atoms with E-state index in [1.807, 2.05) is 24.5 Å². The van der Waals surface area contributed by atoms with Crippen molar-refractivity contribution in [3.8, 4) is 0 Å². The zero-order valence-corrected chi connectivity index (χ0v) is 9.43. The Balaban J connectivity index is 2.74. The Kier molecular flexibility index (Phi) is 2.70. The average molecular weight is 234 g/mol. The number of H-pyrrole nitrogens is 1. The number of thioether (sulfide) groups is 1. The number of hydrogen-bond acceptors (Lipinski definition) is 3. The molecule has 0 aliphatic heterocycles. The van der Waals surface area contributed by atoms with Crippen molar-refractivity contribution in [2.75, 3.05) is 6.26 Å². The zero-order chi connectivity index (χ0) is 11.7. The van der Waals surface area contributed by atoms with E-state index in [-0.39, 0.29) is 5.56 Å². The second kappa shape index (κ2) is 4.02. The van der Waals surface area contributed by atoms with Crippen LogP contribution in [0, 0.1) is 0 Å². The number of aromatic amines is 1. The zero-order valence-electron chi connectivity index (χ0n) is 8.61. The summed E-state index contributed by atoms with van der Waals surface area (Å²) in [7, 11) is 0. The number of amides is 1. The molecule has 0 aliphatic rings. The molecule has 0 fully saturated rings. The van der Waals surface area contributed by atoms with Crippen LogP contribution in [0.25, 0.3) is 10.9 Å². The van der Waals surface area contributed by atoms with Crippen LogP contribution in [0.4, 0.5) is 0 Å². The van der Waals surface area contributed by atoms with Crippen LogP contribution in [0.1, 0.15) is 10.4 Å². The molecule has 0 saturated heterocycles. The molecule has 1 amide bonds. The van der Waals surface area contributed by atoms with Gasteiger partial charge in [-0.1, -0.05) is 6.07 Å². The standard InChI is InChI=1S/C11H10N2O2S/c1-16-7-3-2-6-4-8(10(12)14)11(15)13-9(6)5-7/h2-5H,1H3,(H2,12,14)(H,13,15). The van der Waals surface area contributed by atoms with Crippen molar-refractivity contribution in [2.45, 2.75) is 4.90 Å². The molecule has 82 valence electrons. The van der Waals surface area contributed by atoms with Crippen LogP contribution < -0.4 is 11.3 Å². The summed E-state index contributed by atoms with van der Waals surface area (Å²) >= 11 is 1.59. The number of aromatic nitrogens is 1. The van der Waals surface area contributed by atoms with Gasteiger partial charge in [0.15, 0.2) is 0 Å². The minimum absolute atomic E-state index is 0.00981. The Labute approximate surface area is 95.8 Å². The number of fused-ring (bicyclic) bond motifs is 1. The normalized spacial score (nSPS) is 10.6. The van der Waals surface area contributed by atoms with Gasteiger partial charge in [0.2, 0.25) is 0 Å². The van der Waals surface area contributed by atoms with Crippen molar-refractivity contribution in [3.63, 3.8) is 0 Å². The van der Waals surface area contributed by atoms with E-state index in [0.29, 0.717) is 5.52 Å². The predicted molar refractivity (Wildman–Crippen MR) is 64.9 cm³/mol. The lowest BCUT2D eigenvalue weighted by Gasteiger charge is -2.02. The summed E-state index contributed by atoms with van der Waals surface area (Å²) in [5, 5.41) is 0.797. The molecule has 5 heteroatoms. The van der Waals surface area contributed by atoms with Gasteiger partial charge in [-0.05, 0) is 29.8 Å². The van der Waals surface area contributed by atoms with E-state index in [9.17, 15) is 9.59 Å². The number of nitrogens with two attached hydrogens (primary N) is 1. The summed E-state index contributed by atoms with van der Waals surface area (Å²) in [4.78, 5) is 26.2. The SMILES string of the molecule is CSc1ccc2cc(C(N)=O)c(=O)[nH]c2c1. The summed E-state index contributed by atoms with van der Waals surface area (Å²) in [6.45, 7) is 0. The van der Waals surface area contributed by atoms with Gasteiger partial charge in [-0.15, -0.1) is 11.8 Å². The second-order valence-corrected chi connectivity index (χ2v) is 4.21. The van der Waals surface area contributed by atoms with Crippen LogP contribution in [-0.2, 0) is 0 Å². The van der Waals surface area contributed by atoms with Gasteiger partial charge in [0.05, 0.1) is 0 Å². The first kappa shape index (κ1) is 10.8. The lowest BCUT2D eigenvalue weighted by molar-refractivity contribution is 0.0999. The van der Waals surface area contributed by atoms with E-state index in [2.05, 4.69) is 4.98 Å². The van der Waals surface area contributed by atoms with E-state index in [1.165, 1.54) is 6.07 Å². The van der Waals surface area contributed by atoms with Crippen molar-refractivity contribution in [1.29, 1.82) is 0 Å². The first-order valence-corrected chi connectivity index (χ1v) is 5.85. The topological polar surface area (TPSA) is 76.0 Å². The third-order valence-electron chi connectivity index (χ3n) is 2.32. The number of carbonyl (C=O) groups excluding carboxylic acids is 1. The molecule has 3 N–H and O–H groups in total. The van der Waals surface area contributed by atoms with Crippen molar-refractivity contribution < 1.29 is 4.79 Å². The van der Waals surface area contributed by atoms with Gasteiger partial charge < -0.3 is 10.7 Å². The fourth-order valence-corrected chi connectivity index (χ4v) is 1.93. The molecule has 2 rings (SSSR count). The van der Waals surface area contributed by atoms with Crippen molar-refractivity contribution >= 4 is 28.6 Å². The van der Waals surface area contributed by atoms with Crippen molar-refractivity contribution in [3.05, 3.63) is 40.2 Å². The highest BCUT2D eigenvalue weighted by Crippen LogP contribution is 2.19. The number of carbonyl (C=O) groups is 1. The highest BCUT2D eigenvalue weighted by atomic mass is 32.2. The lowest BCUT2D eigenvalue weighted by Crippen LogP contribution is -2.23. The van der Waals surface area contributed by atoms with Crippen LogP contribution in [0.5, 0.6) is 0 Å². The molecule has 0 atom stereocenters. The molecule has 0 bridgehead atoms. The average Bonchev–Trinajstić information content (AvgIpc) is 2.27. The van der Waals surface area contributed by atoms with Crippen LogP contribution in [0.15, 0.2) is 34.0 Å². The van der Waals surface area contributed by atoms with Gasteiger partial charge in [-0.25, -0.2) is 0 Å². The van der Waals surface area contributed by atoms with Crippen LogP contribution in [-0.4, -0.2) is 17.1 Å². The third-order valence-corrected chi connectivity index (χ3v) is 3.04. The Morgan fingerprint density at radius 2 is 2.12 bits per heavy atom. The Morgan fingerprint density at radius 3 is 2.75 bits per heavy atom. The monoisotopic (exact) mass is 234 g/mol. The molecule has 1 aromatic carbocycles. The molecule has 4 nitrogen and oxygen atoms in total. The van der Waals surface area contributed by atoms with Gasteiger partial charge >= 0.3 is 0 Å². The van der Waals surface area contributed by atoms with E-state index in [1.54, 1.807) is 11.8 Å². The molecule has 0 saturated carbocycles. The largest absolute Gasteiger partial charge is 0.365 e. The Bertz CT molecular complexity index is 619. The van der Waals surface area contributed by atoms with Gasteiger partial charge in [0.1, 0.15) is 5.56 Å². The maximum Gasteiger partial charge on any atom is 0.261 e. The van der Waals surface area contributed by atoms with E-state index < -0.39 is 11.5 Å². The first-order chi connectivity index (χ1) is 7.61. The number of rotatable bonds is 2. The summed E-state index contributed by atoms with van der Waals surface area (Å²) in [6, 6.07) is 7.16. The minimum atomic E-state index is -0.711. The van der Waals surface area contributed by atoms with E-state index in [0.717, 1.165) is 10.3 Å². The van der Waals surface area contributed by atoms with E-state index in [4.69, 9.17) is 5.73 Å². The van der Waals surface area contributed by atoms with Crippen LogP contribution >= 0.6 is 11.8 Å². The number of primary amides is 1.